The number of carbonyl (C=O) groups excluding carboxylic acids is 1. The van der Waals surface area contributed by atoms with Crippen molar-refractivity contribution in [1.82, 2.24) is 20.5 Å². The number of rotatable bonds is 5. The molecule has 1 heterocycles. The van der Waals surface area contributed by atoms with Crippen molar-refractivity contribution in [3.8, 4) is 0 Å². The minimum Gasteiger partial charge on any atom is -0.356 e. The van der Waals surface area contributed by atoms with Gasteiger partial charge in [0.2, 0.25) is 5.91 Å². The fourth-order valence-corrected chi connectivity index (χ4v) is 2.92. The van der Waals surface area contributed by atoms with Crippen LogP contribution in [0.25, 0.3) is 0 Å². The molecule has 19 heavy (non-hydrogen) atoms. The molecule has 1 saturated carbocycles. The minimum absolute atomic E-state index is 0.146. The Labute approximate surface area is 114 Å². The molecule has 1 amide bonds. The SMILES string of the molecule is CC1(C)CCCCC1C(=O)NCCCc1ncn[nH]1. The molecule has 2 rings (SSSR count). The molecule has 0 radical (unpaired) electrons. The molecule has 1 aromatic rings. The van der Waals surface area contributed by atoms with Gasteiger partial charge in [-0.1, -0.05) is 26.7 Å². The lowest BCUT2D eigenvalue weighted by atomic mass is 9.68. The third-order valence-electron chi connectivity index (χ3n) is 4.18. The number of nitrogens with one attached hydrogen (secondary N) is 2. The van der Waals surface area contributed by atoms with Crippen LogP contribution in [-0.2, 0) is 11.2 Å². The highest BCUT2D eigenvalue weighted by molar-refractivity contribution is 5.79. The van der Waals surface area contributed by atoms with Gasteiger partial charge in [0, 0.05) is 18.9 Å². The predicted octanol–water partition coefficient (Wildman–Crippen LogP) is 2.07. The molecule has 106 valence electrons. The number of aromatic amines is 1. The maximum atomic E-state index is 12.2. The van der Waals surface area contributed by atoms with Gasteiger partial charge in [-0.3, -0.25) is 9.89 Å². The average molecular weight is 264 g/mol. The van der Waals surface area contributed by atoms with Crippen molar-refractivity contribution in [3.05, 3.63) is 12.2 Å². The summed E-state index contributed by atoms with van der Waals surface area (Å²) in [7, 11) is 0. The molecule has 1 fully saturated rings. The van der Waals surface area contributed by atoms with Crippen molar-refractivity contribution >= 4 is 5.91 Å². The molecule has 0 bridgehead atoms. The normalized spacial score (nSPS) is 22.1. The summed E-state index contributed by atoms with van der Waals surface area (Å²) in [6, 6.07) is 0. The lowest BCUT2D eigenvalue weighted by Crippen LogP contribution is -2.41. The van der Waals surface area contributed by atoms with E-state index < -0.39 is 0 Å². The van der Waals surface area contributed by atoms with Gasteiger partial charge in [0.25, 0.3) is 0 Å². The molecule has 1 unspecified atom stereocenters. The van der Waals surface area contributed by atoms with Gasteiger partial charge in [-0.2, -0.15) is 5.10 Å². The lowest BCUT2D eigenvalue weighted by Gasteiger charge is -2.37. The maximum absolute atomic E-state index is 12.2. The first-order valence-corrected chi connectivity index (χ1v) is 7.21. The number of nitrogens with zero attached hydrogens (tertiary/aromatic N) is 2. The molecule has 5 heteroatoms. The molecular weight excluding hydrogens is 240 g/mol. The fraction of sp³-hybridized carbons (Fsp3) is 0.786. The predicted molar refractivity (Wildman–Crippen MR) is 73.5 cm³/mol. The van der Waals surface area contributed by atoms with Crippen molar-refractivity contribution in [3.63, 3.8) is 0 Å². The zero-order chi connectivity index (χ0) is 13.7. The van der Waals surface area contributed by atoms with Crippen LogP contribution in [0.15, 0.2) is 6.33 Å². The Kier molecular flexibility index (Phi) is 4.56. The van der Waals surface area contributed by atoms with Gasteiger partial charge < -0.3 is 5.32 Å². The van der Waals surface area contributed by atoms with E-state index in [9.17, 15) is 4.79 Å². The highest BCUT2D eigenvalue weighted by Crippen LogP contribution is 2.40. The fourth-order valence-electron chi connectivity index (χ4n) is 2.92. The Balaban J connectivity index is 1.71. The molecule has 0 saturated heterocycles. The highest BCUT2D eigenvalue weighted by Gasteiger charge is 2.36. The molecule has 1 aliphatic carbocycles. The van der Waals surface area contributed by atoms with Crippen LogP contribution in [0.5, 0.6) is 0 Å². The van der Waals surface area contributed by atoms with E-state index in [1.807, 2.05) is 0 Å². The van der Waals surface area contributed by atoms with Crippen LogP contribution in [0, 0.1) is 11.3 Å². The Morgan fingerprint density at radius 3 is 3.05 bits per heavy atom. The van der Waals surface area contributed by atoms with E-state index in [1.165, 1.54) is 19.2 Å². The first kappa shape index (κ1) is 14.0. The smallest absolute Gasteiger partial charge is 0.223 e. The number of aryl methyl sites for hydroxylation is 1. The lowest BCUT2D eigenvalue weighted by molar-refractivity contribution is -0.130. The van der Waals surface area contributed by atoms with E-state index >= 15 is 0 Å². The monoisotopic (exact) mass is 264 g/mol. The van der Waals surface area contributed by atoms with Gasteiger partial charge in [0.05, 0.1) is 0 Å². The largest absolute Gasteiger partial charge is 0.356 e. The number of H-pyrrole nitrogens is 1. The average Bonchev–Trinajstić information content (AvgIpc) is 2.87. The zero-order valence-corrected chi connectivity index (χ0v) is 11.9. The number of amides is 1. The number of carbonyl (C=O) groups is 1. The number of hydrogen-bond donors (Lipinski definition) is 2. The summed E-state index contributed by atoms with van der Waals surface area (Å²) in [4.78, 5) is 16.3. The molecule has 1 aliphatic rings. The van der Waals surface area contributed by atoms with Gasteiger partial charge in [0.15, 0.2) is 0 Å². The van der Waals surface area contributed by atoms with Gasteiger partial charge in [-0.05, 0) is 24.7 Å². The molecule has 0 spiro atoms. The van der Waals surface area contributed by atoms with Crippen LogP contribution < -0.4 is 5.32 Å². The summed E-state index contributed by atoms with van der Waals surface area (Å²) in [5.41, 5.74) is 0.146. The van der Waals surface area contributed by atoms with E-state index in [-0.39, 0.29) is 17.2 Å². The van der Waals surface area contributed by atoms with Crippen molar-refractivity contribution in [2.75, 3.05) is 6.54 Å². The van der Waals surface area contributed by atoms with Crippen molar-refractivity contribution in [2.24, 2.45) is 11.3 Å². The molecule has 0 aromatic carbocycles. The molecule has 1 aromatic heterocycles. The standard InChI is InChI=1S/C14H24N4O/c1-14(2)8-4-3-6-11(14)13(19)15-9-5-7-12-16-10-17-18-12/h10-11H,3-9H2,1-2H3,(H,15,19)(H,16,17,18). The maximum Gasteiger partial charge on any atom is 0.223 e. The molecule has 5 nitrogen and oxygen atoms in total. The van der Waals surface area contributed by atoms with Crippen molar-refractivity contribution in [1.29, 1.82) is 0 Å². The Hall–Kier alpha value is -1.39. The summed E-state index contributed by atoms with van der Waals surface area (Å²) in [5.74, 6) is 1.28. The summed E-state index contributed by atoms with van der Waals surface area (Å²) in [6.45, 7) is 5.14. The summed E-state index contributed by atoms with van der Waals surface area (Å²) < 4.78 is 0. The second-order valence-corrected chi connectivity index (χ2v) is 6.11. The van der Waals surface area contributed by atoms with Gasteiger partial charge in [-0.25, -0.2) is 4.98 Å². The van der Waals surface area contributed by atoms with Crippen molar-refractivity contribution < 1.29 is 4.79 Å². The van der Waals surface area contributed by atoms with E-state index in [0.717, 1.165) is 31.5 Å². The third kappa shape index (κ3) is 3.78. The van der Waals surface area contributed by atoms with Gasteiger partial charge >= 0.3 is 0 Å². The van der Waals surface area contributed by atoms with Crippen LogP contribution in [0.3, 0.4) is 0 Å². The summed E-state index contributed by atoms with van der Waals surface area (Å²) >= 11 is 0. The third-order valence-corrected chi connectivity index (χ3v) is 4.18. The van der Waals surface area contributed by atoms with E-state index in [2.05, 4.69) is 34.3 Å². The van der Waals surface area contributed by atoms with Crippen LogP contribution >= 0.6 is 0 Å². The van der Waals surface area contributed by atoms with Gasteiger partial charge in [0.1, 0.15) is 12.2 Å². The molecular formula is C14H24N4O. The minimum atomic E-state index is 0.146. The van der Waals surface area contributed by atoms with Crippen LogP contribution in [0.1, 0.15) is 51.8 Å². The van der Waals surface area contributed by atoms with E-state index in [4.69, 9.17) is 0 Å². The van der Waals surface area contributed by atoms with Gasteiger partial charge in [-0.15, -0.1) is 0 Å². The number of hydrogen-bond acceptors (Lipinski definition) is 3. The summed E-state index contributed by atoms with van der Waals surface area (Å²) in [6.07, 6.45) is 7.85. The van der Waals surface area contributed by atoms with Crippen LogP contribution in [0.4, 0.5) is 0 Å². The quantitative estimate of drug-likeness (QED) is 0.800. The highest BCUT2D eigenvalue weighted by atomic mass is 16.1. The van der Waals surface area contributed by atoms with Crippen molar-refractivity contribution in [2.45, 2.75) is 52.4 Å². The molecule has 1 atom stereocenters. The molecule has 0 aliphatic heterocycles. The van der Waals surface area contributed by atoms with E-state index in [0.29, 0.717) is 6.54 Å². The summed E-state index contributed by atoms with van der Waals surface area (Å²) in [5, 5.41) is 9.70. The topological polar surface area (TPSA) is 70.7 Å². The second-order valence-electron chi connectivity index (χ2n) is 6.11. The Bertz CT molecular complexity index is 400. The number of aromatic nitrogens is 3. The van der Waals surface area contributed by atoms with Crippen LogP contribution in [0.2, 0.25) is 0 Å². The Morgan fingerprint density at radius 2 is 2.37 bits per heavy atom. The first-order valence-electron chi connectivity index (χ1n) is 7.21. The second kappa shape index (κ2) is 6.17. The first-order chi connectivity index (χ1) is 9.09. The van der Waals surface area contributed by atoms with E-state index in [1.54, 1.807) is 0 Å². The molecule has 2 N–H and O–H groups in total. The zero-order valence-electron chi connectivity index (χ0n) is 11.9. The Morgan fingerprint density at radius 1 is 1.53 bits per heavy atom. The van der Waals surface area contributed by atoms with Crippen LogP contribution in [-0.4, -0.2) is 27.6 Å².